The van der Waals surface area contributed by atoms with Crippen molar-refractivity contribution in [3.63, 3.8) is 0 Å². The molecule has 0 amide bonds. The molecular formula is C14H21N3O4S. The molecule has 1 aromatic rings. The monoisotopic (exact) mass is 327 g/mol. The van der Waals surface area contributed by atoms with Gasteiger partial charge in [0.05, 0.1) is 9.82 Å². The normalized spacial score (nSPS) is 17.5. The Morgan fingerprint density at radius 2 is 1.86 bits per heavy atom. The van der Waals surface area contributed by atoms with E-state index in [1.165, 1.54) is 16.4 Å². The Bertz CT molecular complexity index is 652. The summed E-state index contributed by atoms with van der Waals surface area (Å²) in [6.45, 7) is 6.88. The summed E-state index contributed by atoms with van der Waals surface area (Å²) in [7, 11) is -3.67. The Hall–Kier alpha value is -1.51. The molecule has 1 aliphatic heterocycles. The van der Waals surface area contributed by atoms with E-state index in [1.54, 1.807) is 6.92 Å². The van der Waals surface area contributed by atoms with Gasteiger partial charge in [0, 0.05) is 37.8 Å². The summed E-state index contributed by atoms with van der Waals surface area (Å²) in [6, 6.07) is 4.08. The molecule has 1 heterocycles. The topological polar surface area (TPSA) is 83.8 Å². The van der Waals surface area contributed by atoms with Gasteiger partial charge in [-0.25, -0.2) is 8.42 Å². The van der Waals surface area contributed by atoms with Crippen LogP contribution < -0.4 is 0 Å². The summed E-state index contributed by atoms with van der Waals surface area (Å²) >= 11 is 0. The molecule has 0 aromatic heterocycles. The van der Waals surface area contributed by atoms with Crippen LogP contribution in [0.2, 0.25) is 0 Å². The second kappa shape index (κ2) is 6.72. The van der Waals surface area contributed by atoms with Crippen molar-refractivity contribution in [2.24, 2.45) is 0 Å². The molecule has 1 saturated heterocycles. The van der Waals surface area contributed by atoms with Gasteiger partial charge in [-0.2, -0.15) is 4.31 Å². The number of hydrogen-bond acceptors (Lipinski definition) is 5. The SMILES string of the molecule is CCCN1CCN(S(=O)(=O)c2ccc(C)c([N+](=O)[O-])c2)CC1. The van der Waals surface area contributed by atoms with Crippen LogP contribution in [0.5, 0.6) is 0 Å². The number of benzene rings is 1. The lowest BCUT2D eigenvalue weighted by Gasteiger charge is -2.33. The van der Waals surface area contributed by atoms with E-state index in [0.29, 0.717) is 31.7 Å². The molecule has 1 aromatic carbocycles. The van der Waals surface area contributed by atoms with Crippen molar-refractivity contribution in [3.8, 4) is 0 Å². The smallest absolute Gasteiger partial charge is 0.273 e. The zero-order chi connectivity index (χ0) is 16.3. The summed E-state index contributed by atoms with van der Waals surface area (Å²) in [5, 5.41) is 11.0. The molecule has 0 N–H and O–H groups in total. The summed E-state index contributed by atoms with van der Waals surface area (Å²) < 4.78 is 26.7. The minimum atomic E-state index is -3.67. The van der Waals surface area contributed by atoms with Gasteiger partial charge < -0.3 is 4.90 Å². The number of piperazine rings is 1. The second-order valence-corrected chi connectivity index (χ2v) is 7.39. The third-order valence-corrected chi connectivity index (χ3v) is 5.78. The van der Waals surface area contributed by atoms with Gasteiger partial charge in [-0.3, -0.25) is 10.1 Å². The number of nitro benzene ring substituents is 1. The molecule has 7 nitrogen and oxygen atoms in total. The highest BCUT2D eigenvalue weighted by Crippen LogP contribution is 2.25. The van der Waals surface area contributed by atoms with E-state index >= 15 is 0 Å². The molecule has 0 aliphatic carbocycles. The lowest BCUT2D eigenvalue weighted by molar-refractivity contribution is -0.385. The van der Waals surface area contributed by atoms with E-state index in [0.717, 1.165) is 19.0 Å². The molecular weight excluding hydrogens is 306 g/mol. The number of aryl methyl sites for hydroxylation is 1. The van der Waals surface area contributed by atoms with E-state index in [4.69, 9.17) is 0 Å². The second-order valence-electron chi connectivity index (χ2n) is 5.45. The first-order valence-electron chi connectivity index (χ1n) is 7.34. The molecule has 22 heavy (non-hydrogen) atoms. The summed E-state index contributed by atoms with van der Waals surface area (Å²) in [6.07, 6.45) is 1.04. The Labute approximate surface area is 130 Å². The molecule has 0 saturated carbocycles. The zero-order valence-electron chi connectivity index (χ0n) is 12.9. The molecule has 0 unspecified atom stereocenters. The highest BCUT2D eigenvalue weighted by molar-refractivity contribution is 7.89. The molecule has 0 spiro atoms. The van der Waals surface area contributed by atoms with Crippen molar-refractivity contribution in [1.82, 2.24) is 9.21 Å². The van der Waals surface area contributed by atoms with Crippen molar-refractivity contribution in [2.75, 3.05) is 32.7 Å². The van der Waals surface area contributed by atoms with Gasteiger partial charge in [-0.1, -0.05) is 13.0 Å². The minimum absolute atomic E-state index is 0.00579. The van der Waals surface area contributed by atoms with Gasteiger partial charge in [0.1, 0.15) is 0 Å². The van der Waals surface area contributed by atoms with Gasteiger partial charge in [0.25, 0.3) is 5.69 Å². The predicted octanol–water partition coefficient (Wildman–Crippen LogP) is 1.62. The van der Waals surface area contributed by atoms with Gasteiger partial charge >= 0.3 is 0 Å². The Morgan fingerprint density at radius 3 is 2.41 bits per heavy atom. The Kier molecular flexibility index (Phi) is 5.15. The number of hydrogen-bond donors (Lipinski definition) is 0. The standard InChI is InChI=1S/C14H21N3O4S/c1-3-6-15-7-9-16(10-8-15)22(20,21)13-5-4-12(2)14(11-13)17(18)19/h4-5,11H,3,6-10H2,1-2H3. The van der Waals surface area contributed by atoms with Gasteiger partial charge in [0.2, 0.25) is 10.0 Å². The first kappa shape index (κ1) is 16.9. The number of nitro groups is 1. The molecule has 1 fully saturated rings. The van der Waals surface area contributed by atoms with Crippen LogP contribution in [0.1, 0.15) is 18.9 Å². The predicted molar refractivity (Wildman–Crippen MR) is 83.3 cm³/mol. The molecule has 1 aliphatic rings. The first-order valence-corrected chi connectivity index (χ1v) is 8.78. The van der Waals surface area contributed by atoms with Gasteiger partial charge in [-0.05, 0) is 26.0 Å². The average molecular weight is 327 g/mol. The van der Waals surface area contributed by atoms with Crippen molar-refractivity contribution >= 4 is 15.7 Å². The van der Waals surface area contributed by atoms with Crippen LogP contribution in [0.25, 0.3) is 0 Å². The molecule has 0 bridgehead atoms. The fourth-order valence-corrected chi connectivity index (χ4v) is 4.05. The number of nitrogens with zero attached hydrogens (tertiary/aromatic N) is 3. The molecule has 8 heteroatoms. The minimum Gasteiger partial charge on any atom is -0.301 e. The number of sulfonamides is 1. The maximum absolute atomic E-state index is 12.6. The largest absolute Gasteiger partial charge is 0.301 e. The first-order chi connectivity index (χ1) is 10.4. The van der Waals surface area contributed by atoms with Crippen LogP contribution in [0, 0.1) is 17.0 Å². The Balaban J connectivity index is 2.21. The van der Waals surface area contributed by atoms with Crippen LogP contribution in [0.4, 0.5) is 5.69 Å². The Morgan fingerprint density at radius 1 is 1.23 bits per heavy atom. The van der Waals surface area contributed by atoms with Gasteiger partial charge in [-0.15, -0.1) is 0 Å². The van der Waals surface area contributed by atoms with E-state index < -0.39 is 14.9 Å². The summed E-state index contributed by atoms with van der Waals surface area (Å²) in [4.78, 5) is 12.7. The summed E-state index contributed by atoms with van der Waals surface area (Å²) in [5.74, 6) is 0. The van der Waals surface area contributed by atoms with Crippen molar-refractivity contribution in [2.45, 2.75) is 25.2 Å². The molecule has 2 rings (SSSR count). The zero-order valence-corrected chi connectivity index (χ0v) is 13.7. The van der Waals surface area contributed by atoms with E-state index in [2.05, 4.69) is 11.8 Å². The highest BCUT2D eigenvalue weighted by Gasteiger charge is 2.29. The van der Waals surface area contributed by atoms with Gasteiger partial charge in [0.15, 0.2) is 0 Å². The molecule has 0 atom stereocenters. The lowest BCUT2D eigenvalue weighted by Crippen LogP contribution is -2.48. The fraction of sp³-hybridized carbons (Fsp3) is 0.571. The summed E-state index contributed by atoms with van der Waals surface area (Å²) in [5.41, 5.74) is 0.294. The molecule has 122 valence electrons. The van der Waals surface area contributed by atoms with E-state index in [1.807, 2.05) is 0 Å². The van der Waals surface area contributed by atoms with E-state index in [-0.39, 0.29) is 10.6 Å². The van der Waals surface area contributed by atoms with Crippen LogP contribution in [0.3, 0.4) is 0 Å². The third-order valence-electron chi connectivity index (χ3n) is 3.89. The van der Waals surface area contributed by atoms with Crippen molar-refractivity contribution in [3.05, 3.63) is 33.9 Å². The van der Waals surface area contributed by atoms with Crippen LogP contribution >= 0.6 is 0 Å². The van der Waals surface area contributed by atoms with E-state index in [9.17, 15) is 18.5 Å². The van der Waals surface area contributed by atoms with Crippen LogP contribution in [-0.4, -0.2) is 55.3 Å². The lowest BCUT2D eigenvalue weighted by atomic mass is 10.2. The maximum Gasteiger partial charge on any atom is 0.273 e. The molecule has 0 radical (unpaired) electrons. The third kappa shape index (κ3) is 3.45. The average Bonchev–Trinajstić information content (AvgIpc) is 2.48. The highest BCUT2D eigenvalue weighted by atomic mass is 32.2. The fourth-order valence-electron chi connectivity index (χ4n) is 2.61. The maximum atomic E-state index is 12.6. The van der Waals surface area contributed by atoms with Crippen molar-refractivity contribution < 1.29 is 13.3 Å². The quantitative estimate of drug-likeness (QED) is 0.606. The van der Waals surface area contributed by atoms with Crippen LogP contribution in [0.15, 0.2) is 23.1 Å². The number of rotatable bonds is 5. The van der Waals surface area contributed by atoms with Crippen LogP contribution in [-0.2, 0) is 10.0 Å². The van der Waals surface area contributed by atoms with Crippen molar-refractivity contribution in [1.29, 1.82) is 0 Å².